The van der Waals surface area contributed by atoms with E-state index in [1.165, 1.54) is 16.0 Å². The van der Waals surface area contributed by atoms with Crippen molar-refractivity contribution < 1.29 is 9.53 Å². The fourth-order valence-electron chi connectivity index (χ4n) is 2.79. The summed E-state index contributed by atoms with van der Waals surface area (Å²) in [6.07, 6.45) is 2.00. The number of aromatic nitrogens is 1. The molecule has 0 atom stereocenters. The van der Waals surface area contributed by atoms with Gasteiger partial charge in [0.1, 0.15) is 17.4 Å². The van der Waals surface area contributed by atoms with Gasteiger partial charge in [0.15, 0.2) is 0 Å². The Bertz CT molecular complexity index is 1110. The Morgan fingerprint density at radius 2 is 1.93 bits per heavy atom. The molecule has 5 nitrogen and oxygen atoms in total. The first-order chi connectivity index (χ1) is 14.5. The second-order valence-electron chi connectivity index (χ2n) is 6.94. The minimum absolute atomic E-state index is 0.0282. The molecular formula is C24H23N3O2S. The third-order valence-electron chi connectivity index (χ3n) is 4.65. The van der Waals surface area contributed by atoms with Gasteiger partial charge in [0, 0.05) is 29.0 Å². The fourth-order valence-corrected chi connectivity index (χ4v) is 3.73. The lowest BCUT2D eigenvalue weighted by Crippen LogP contribution is -2.13. The summed E-state index contributed by atoms with van der Waals surface area (Å²) in [5.74, 6) is 1.51. The van der Waals surface area contributed by atoms with Gasteiger partial charge in [-0.15, -0.1) is 11.8 Å². The molecule has 30 heavy (non-hydrogen) atoms. The van der Waals surface area contributed by atoms with E-state index in [1.807, 2.05) is 13.0 Å². The first-order valence-corrected chi connectivity index (χ1v) is 10.6. The maximum atomic E-state index is 12.3. The monoisotopic (exact) mass is 417 g/mol. The van der Waals surface area contributed by atoms with E-state index < -0.39 is 0 Å². The van der Waals surface area contributed by atoms with Crippen molar-refractivity contribution in [2.24, 2.45) is 0 Å². The molecule has 0 saturated carbocycles. The zero-order valence-electron chi connectivity index (χ0n) is 17.2. The molecular weight excluding hydrogens is 394 g/mol. The van der Waals surface area contributed by atoms with Crippen molar-refractivity contribution in [1.29, 1.82) is 5.26 Å². The van der Waals surface area contributed by atoms with Crippen LogP contribution in [-0.2, 0) is 4.79 Å². The highest BCUT2D eigenvalue weighted by Crippen LogP contribution is 2.27. The lowest BCUT2D eigenvalue weighted by molar-refractivity contribution is -0.115. The quantitative estimate of drug-likeness (QED) is 0.492. The summed E-state index contributed by atoms with van der Waals surface area (Å²) in [5.41, 5.74) is 4.51. The van der Waals surface area contributed by atoms with Crippen molar-refractivity contribution in [3.63, 3.8) is 0 Å². The number of pyridine rings is 1. The minimum atomic E-state index is -0.0282. The predicted molar refractivity (Wildman–Crippen MR) is 120 cm³/mol. The van der Waals surface area contributed by atoms with Crippen LogP contribution < -0.4 is 10.1 Å². The van der Waals surface area contributed by atoms with E-state index in [0.29, 0.717) is 23.5 Å². The molecule has 1 amide bonds. The molecule has 3 rings (SSSR count). The number of rotatable bonds is 7. The highest BCUT2D eigenvalue weighted by molar-refractivity contribution is 7.99. The molecule has 1 aromatic heterocycles. The molecule has 0 aliphatic rings. The van der Waals surface area contributed by atoms with Crippen LogP contribution in [0.1, 0.15) is 28.7 Å². The average Bonchev–Trinajstić information content (AvgIpc) is 2.73. The average molecular weight is 418 g/mol. The van der Waals surface area contributed by atoms with Gasteiger partial charge < -0.3 is 10.1 Å². The van der Waals surface area contributed by atoms with Gasteiger partial charge in [-0.2, -0.15) is 5.26 Å². The van der Waals surface area contributed by atoms with Gasteiger partial charge in [0.2, 0.25) is 11.8 Å². The summed E-state index contributed by atoms with van der Waals surface area (Å²) < 4.78 is 5.72. The SMILES string of the molecule is Cc1ccc(SCCC(=O)Nc2ccc(Oc3ncccc3C#N)cc2C)cc1C. The summed E-state index contributed by atoms with van der Waals surface area (Å²) in [6, 6.07) is 17.1. The van der Waals surface area contributed by atoms with Gasteiger partial charge in [-0.05, 0) is 79.9 Å². The number of hydrogen-bond donors (Lipinski definition) is 1. The van der Waals surface area contributed by atoms with Crippen molar-refractivity contribution >= 4 is 23.4 Å². The number of aryl methyl sites for hydroxylation is 3. The van der Waals surface area contributed by atoms with E-state index in [0.717, 1.165) is 11.3 Å². The van der Waals surface area contributed by atoms with Crippen LogP contribution in [0.25, 0.3) is 0 Å². The number of ether oxygens (including phenoxy) is 1. The van der Waals surface area contributed by atoms with Crippen LogP contribution >= 0.6 is 11.8 Å². The molecule has 0 fully saturated rings. The summed E-state index contributed by atoms with van der Waals surface area (Å²) in [4.78, 5) is 17.6. The second-order valence-corrected chi connectivity index (χ2v) is 8.11. The molecule has 0 spiro atoms. The van der Waals surface area contributed by atoms with Crippen LogP contribution in [-0.4, -0.2) is 16.6 Å². The van der Waals surface area contributed by atoms with E-state index in [9.17, 15) is 4.79 Å². The van der Waals surface area contributed by atoms with E-state index in [1.54, 1.807) is 42.2 Å². The van der Waals surface area contributed by atoms with Gasteiger partial charge >= 0.3 is 0 Å². The largest absolute Gasteiger partial charge is 0.438 e. The standard InChI is InChI=1S/C24H23N3O2S/c1-16-6-8-21(14-17(16)2)30-12-10-23(28)27-22-9-7-20(13-18(22)3)29-24-19(15-25)5-4-11-26-24/h4-9,11,13-14H,10,12H2,1-3H3,(H,27,28). The highest BCUT2D eigenvalue weighted by Gasteiger charge is 2.09. The molecule has 0 aliphatic heterocycles. The first kappa shape index (κ1) is 21.4. The Balaban J connectivity index is 1.55. The topological polar surface area (TPSA) is 75.0 Å². The molecule has 0 unspecified atom stereocenters. The first-order valence-electron chi connectivity index (χ1n) is 9.60. The second kappa shape index (κ2) is 9.95. The smallest absolute Gasteiger partial charge is 0.237 e. The van der Waals surface area contributed by atoms with Crippen LogP contribution in [0.4, 0.5) is 5.69 Å². The Labute approximate surface area is 181 Å². The van der Waals surface area contributed by atoms with Crippen molar-refractivity contribution in [2.45, 2.75) is 32.1 Å². The molecule has 0 radical (unpaired) electrons. The minimum Gasteiger partial charge on any atom is -0.438 e. The predicted octanol–water partition coefficient (Wildman–Crippen LogP) is 5.79. The number of hydrogen-bond acceptors (Lipinski definition) is 5. The van der Waals surface area contributed by atoms with E-state index in [4.69, 9.17) is 10.00 Å². The van der Waals surface area contributed by atoms with Gasteiger partial charge in [-0.3, -0.25) is 4.79 Å². The molecule has 0 saturated heterocycles. The normalized spacial score (nSPS) is 10.3. The Kier molecular flexibility index (Phi) is 7.10. The third-order valence-corrected chi connectivity index (χ3v) is 5.65. The summed E-state index contributed by atoms with van der Waals surface area (Å²) in [5, 5.41) is 12.1. The van der Waals surface area contributed by atoms with Crippen LogP contribution in [0, 0.1) is 32.1 Å². The molecule has 0 aliphatic carbocycles. The summed E-state index contributed by atoms with van der Waals surface area (Å²) >= 11 is 1.68. The third kappa shape index (κ3) is 5.62. The number of thioether (sulfide) groups is 1. The highest BCUT2D eigenvalue weighted by atomic mass is 32.2. The number of nitrogens with one attached hydrogen (secondary N) is 1. The zero-order valence-corrected chi connectivity index (χ0v) is 18.0. The number of carbonyl (C=O) groups is 1. The fraction of sp³-hybridized carbons (Fsp3) is 0.208. The zero-order chi connectivity index (χ0) is 21.5. The maximum absolute atomic E-state index is 12.3. The number of nitrogens with zero attached hydrogens (tertiary/aromatic N) is 2. The summed E-state index contributed by atoms with van der Waals surface area (Å²) in [7, 11) is 0. The van der Waals surface area contributed by atoms with Crippen LogP contribution in [0.2, 0.25) is 0 Å². The molecule has 152 valence electrons. The van der Waals surface area contributed by atoms with Gasteiger partial charge in [-0.1, -0.05) is 6.07 Å². The van der Waals surface area contributed by atoms with Gasteiger partial charge in [0.05, 0.1) is 0 Å². The van der Waals surface area contributed by atoms with Crippen molar-refractivity contribution in [3.05, 3.63) is 77.0 Å². The molecule has 2 aromatic carbocycles. The van der Waals surface area contributed by atoms with Crippen LogP contribution in [0.15, 0.2) is 59.6 Å². The lowest BCUT2D eigenvalue weighted by Gasteiger charge is -2.11. The summed E-state index contributed by atoms with van der Waals surface area (Å²) in [6.45, 7) is 6.09. The number of anilines is 1. The number of carbonyl (C=O) groups excluding carboxylic acids is 1. The maximum Gasteiger partial charge on any atom is 0.237 e. The Morgan fingerprint density at radius 3 is 2.67 bits per heavy atom. The number of nitriles is 1. The molecule has 6 heteroatoms. The Morgan fingerprint density at radius 1 is 1.10 bits per heavy atom. The van der Waals surface area contributed by atoms with E-state index >= 15 is 0 Å². The Hall–Kier alpha value is -3.30. The van der Waals surface area contributed by atoms with Crippen molar-refractivity contribution in [2.75, 3.05) is 11.1 Å². The molecule has 1 N–H and O–H groups in total. The van der Waals surface area contributed by atoms with Gasteiger partial charge in [-0.25, -0.2) is 4.98 Å². The molecule has 1 heterocycles. The number of benzene rings is 2. The van der Waals surface area contributed by atoms with E-state index in [-0.39, 0.29) is 11.8 Å². The molecule has 0 bridgehead atoms. The van der Waals surface area contributed by atoms with Crippen molar-refractivity contribution in [1.82, 2.24) is 4.98 Å². The van der Waals surface area contributed by atoms with E-state index in [2.05, 4.69) is 48.4 Å². The van der Waals surface area contributed by atoms with Crippen LogP contribution in [0.3, 0.4) is 0 Å². The number of amides is 1. The van der Waals surface area contributed by atoms with Crippen molar-refractivity contribution in [3.8, 4) is 17.7 Å². The van der Waals surface area contributed by atoms with Gasteiger partial charge in [0.25, 0.3) is 0 Å². The molecule has 3 aromatic rings. The van der Waals surface area contributed by atoms with Crippen LogP contribution in [0.5, 0.6) is 11.6 Å². The lowest BCUT2D eigenvalue weighted by atomic mass is 10.1.